The van der Waals surface area contributed by atoms with Gasteiger partial charge < -0.3 is 10.1 Å². The van der Waals surface area contributed by atoms with E-state index in [1.54, 1.807) is 6.07 Å². The summed E-state index contributed by atoms with van der Waals surface area (Å²) in [6, 6.07) is 10.1. The fourth-order valence-electron chi connectivity index (χ4n) is 2.05. The summed E-state index contributed by atoms with van der Waals surface area (Å²) in [6.45, 7) is 3.37. The maximum atomic E-state index is 12.0. The first-order chi connectivity index (χ1) is 10.9. The summed E-state index contributed by atoms with van der Waals surface area (Å²) >= 11 is 11.7. The van der Waals surface area contributed by atoms with Crippen molar-refractivity contribution in [2.75, 3.05) is 11.9 Å². The molecule has 0 unspecified atom stereocenters. The summed E-state index contributed by atoms with van der Waals surface area (Å²) in [4.78, 5) is 23.9. The highest BCUT2D eigenvalue weighted by Gasteiger charge is 2.15. The molecule has 0 atom stereocenters. The van der Waals surface area contributed by atoms with Crippen molar-refractivity contribution in [3.8, 4) is 0 Å². The maximum Gasteiger partial charge on any atom is 0.340 e. The second-order valence-corrected chi connectivity index (χ2v) is 5.86. The second kappa shape index (κ2) is 7.49. The quantitative estimate of drug-likeness (QED) is 0.830. The minimum Gasteiger partial charge on any atom is -0.452 e. The number of para-hydroxylation sites is 1. The first kappa shape index (κ1) is 17.3. The van der Waals surface area contributed by atoms with Gasteiger partial charge in [-0.25, -0.2) is 4.79 Å². The summed E-state index contributed by atoms with van der Waals surface area (Å²) in [6.07, 6.45) is 0. The lowest BCUT2D eigenvalue weighted by molar-refractivity contribution is -0.119. The van der Waals surface area contributed by atoms with E-state index in [2.05, 4.69) is 5.32 Å². The largest absolute Gasteiger partial charge is 0.452 e. The molecule has 2 aromatic rings. The van der Waals surface area contributed by atoms with E-state index in [1.165, 1.54) is 12.1 Å². The fraction of sp³-hybridized carbons (Fsp3) is 0.176. The number of aryl methyl sites for hydroxylation is 2. The van der Waals surface area contributed by atoms with Gasteiger partial charge >= 0.3 is 5.97 Å². The van der Waals surface area contributed by atoms with Crippen molar-refractivity contribution in [3.63, 3.8) is 0 Å². The first-order valence-corrected chi connectivity index (χ1v) is 7.62. The molecule has 0 heterocycles. The molecule has 2 aromatic carbocycles. The number of ether oxygens (including phenoxy) is 1. The third-order valence-electron chi connectivity index (χ3n) is 3.23. The van der Waals surface area contributed by atoms with Crippen LogP contribution in [0.4, 0.5) is 5.69 Å². The van der Waals surface area contributed by atoms with Crippen molar-refractivity contribution in [1.29, 1.82) is 0 Å². The molecule has 4 nitrogen and oxygen atoms in total. The van der Waals surface area contributed by atoms with Gasteiger partial charge in [0.25, 0.3) is 5.91 Å². The number of benzene rings is 2. The van der Waals surface area contributed by atoms with Gasteiger partial charge in [-0.2, -0.15) is 0 Å². The summed E-state index contributed by atoms with van der Waals surface area (Å²) in [5.74, 6) is -1.12. The number of halogens is 2. The van der Waals surface area contributed by atoms with Crippen molar-refractivity contribution in [1.82, 2.24) is 0 Å². The predicted molar refractivity (Wildman–Crippen MR) is 91.3 cm³/mol. The van der Waals surface area contributed by atoms with Crippen LogP contribution in [0.15, 0.2) is 36.4 Å². The fourth-order valence-corrected chi connectivity index (χ4v) is 2.42. The average molecular weight is 352 g/mol. The monoisotopic (exact) mass is 351 g/mol. The number of hydrogen-bond acceptors (Lipinski definition) is 3. The molecule has 0 fully saturated rings. The minimum absolute atomic E-state index is 0.124. The summed E-state index contributed by atoms with van der Waals surface area (Å²) in [5, 5.41) is 3.32. The van der Waals surface area contributed by atoms with Gasteiger partial charge in [0, 0.05) is 10.7 Å². The lowest BCUT2D eigenvalue weighted by Gasteiger charge is -2.12. The Bertz CT molecular complexity index is 739. The number of amides is 1. The second-order valence-electron chi connectivity index (χ2n) is 5.02. The molecule has 0 saturated heterocycles. The van der Waals surface area contributed by atoms with E-state index >= 15 is 0 Å². The van der Waals surface area contributed by atoms with Gasteiger partial charge in [-0.15, -0.1) is 0 Å². The molecule has 6 heteroatoms. The summed E-state index contributed by atoms with van der Waals surface area (Å²) < 4.78 is 4.98. The highest BCUT2D eigenvalue weighted by atomic mass is 35.5. The summed E-state index contributed by atoms with van der Waals surface area (Å²) in [7, 11) is 0. The van der Waals surface area contributed by atoms with Crippen molar-refractivity contribution in [2.24, 2.45) is 0 Å². The third-order valence-corrected chi connectivity index (χ3v) is 3.79. The molecule has 120 valence electrons. The number of rotatable bonds is 4. The Morgan fingerprint density at radius 1 is 1.09 bits per heavy atom. The molecule has 1 N–H and O–H groups in total. The normalized spacial score (nSPS) is 10.3. The number of nitrogens with one attached hydrogen (secondary N) is 1. The van der Waals surface area contributed by atoms with Gasteiger partial charge in [-0.1, -0.05) is 41.4 Å². The summed E-state index contributed by atoms with van der Waals surface area (Å²) in [5.41, 5.74) is 2.71. The Morgan fingerprint density at radius 3 is 2.39 bits per heavy atom. The smallest absolute Gasteiger partial charge is 0.340 e. The van der Waals surface area contributed by atoms with Crippen LogP contribution in [-0.2, 0) is 9.53 Å². The van der Waals surface area contributed by atoms with Crippen LogP contribution >= 0.6 is 23.2 Å². The predicted octanol–water partition coefficient (Wildman–Crippen LogP) is 4.41. The van der Waals surface area contributed by atoms with Crippen LogP contribution in [0.3, 0.4) is 0 Å². The van der Waals surface area contributed by atoms with Crippen molar-refractivity contribution in [2.45, 2.75) is 13.8 Å². The molecule has 0 aromatic heterocycles. The zero-order chi connectivity index (χ0) is 17.0. The average Bonchev–Trinajstić information content (AvgIpc) is 2.51. The van der Waals surface area contributed by atoms with Gasteiger partial charge in [0.15, 0.2) is 6.61 Å². The van der Waals surface area contributed by atoms with Crippen molar-refractivity contribution < 1.29 is 14.3 Å². The molecule has 0 aliphatic heterocycles. The molecule has 0 spiro atoms. The highest BCUT2D eigenvalue weighted by molar-refractivity contribution is 6.35. The molecular weight excluding hydrogens is 337 g/mol. The molecule has 0 aliphatic rings. The van der Waals surface area contributed by atoms with E-state index in [0.29, 0.717) is 10.7 Å². The number of anilines is 1. The standard InChI is InChI=1S/C17H15Cl2NO3/c1-10-4-3-5-11(2)16(10)20-15(21)9-23-17(22)13-8-12(18)6-7-14(13)19/h3-8H,9H2,1-2H3,(H,20,21). The number of carbonyl (C=O) groups excluding carboxylic acids is 2. The topological polar surface area (TPSA) is 55.4 Å². The lowest BCUT2D eigenvalue weighted by Crippen LogP contribution is -2.22. The van der Waals surface area contributed by atoms with Crippen molar-refractivity contribution in [3.05, 3.63) is 63.1 Å². The van der Waals surface area contributed by atoms with Crippen LogP contribution < -0.4 is 5.32 Å². The maximum absolute atomic E-state index is 12.0. The van der Waals surface area contributed by atoms with Gasteiger partial charge in [0.2, 0.25) is 0 Å². The minimum atomic E-state index is -0.700. The van der Waals surface area contributed by atoms with E-state index in [-0.39, 0.29) is 10.6 Å². The zero-order valence-electron chi connectivity index (χ0n) is 12.7. The number of hydrogen-bond donors (Lipinski definition) is 1. The van der Waals surface area contributed by atoms with E-state index in [1.807, 2.05) is 32.0 Å². The Labute approximate surface area is 144 Å². The van der Waals surface area contributed by atoms with Crippen LogP contribution in [-0.4, -0.2) is 18.5 Å². The van der Waals surface area contributed by atoms with Crippen molar-refractivity contribution >= 4 is 40.8 Å². The molecule has 0 saturated carbocycles. The Hall–Kier alpha value is -2.04. The Morgan fingerprint density at radius 2 is 1.74 bits per heavy atom. The molecule has 0 aliphatic carbocycles. The van der Waals surface area contributed by atoms with Gasteiger partial charge in [0.1, 0.15) is 0 Å². The first-order valence-electron chi connectivity index (χ1n) is 6.86. The van der Waals surface area contributed by atoms with Gasteiger partial charge in [-0.3, -0.25) is 4.79 Å². The lowest BCUT2D eigenvalue weighted by atomic mass is 10.1. The number of esters is 1. The molecule has 0 bridgehead atoms. The van der Waals surface area contributed by atoms with Crippen LogP contribution in [0.1, 0.15) is 21.5 Å². The highest BCUT2D eigenvalue weighted by Crippen LogP contribution is 2.22. The zero-order valence-corrected chi connectivity index (χ0v) is 14.2. The number of carbonyl (C=O) groups is 2. The van der Waals surface area contributed by atoms with E-state index in [9.17, 15) is 9.59 Å². The molecule has 1 amide bonds. The molecule has 2 rings (SSSR count). The Kier molecular flexibility index (Phi) is 5.64. The van der Waals surface area contributed by atoms with Crippen LogP contribution in [0.2, 0.25) is 10.0 Å². The third kappa shape index (κ3) is 4.47. The SMILES string of the molecule is Cc1cccc(C)c1NC(=O)COC(=O)c1cc(Cl)ccc1Cl. The van der Waals surface area contributed by atoms with Gasteiger partial charge in [-0.05, 0) is 43.2 Å². The van der Waals surface area contributed by atoms with E-state index in [0.717, 1.165) is 11.1 Å². The Balaban J connectivity index is 1.99. The van der Waals surface area contributed by atoms with Crippen LogP contribution in [0, 0.1) is 13.8 Å². The molecular formula is C17H15Cl2NO3. The van der Waals surface area contributed by atoms with Crippen LogP contribution in [0.25, 0.3) is 0 Å². The van der Waals surface area contributed by atoms with Gasteiger partial charge in [0.05, 0.1) is 10.6 Å². The molecule has 0 radical (unpaired) electrons. The van der Waals surface area contributed by atoms with Crippen LogP contribution in [0.5, 0.6) is 0 Å². The molecule has 23 heavy (non-hydrogen) atoms. The van der Waals surface area contributed by atoms with E-state index < -0.39 is 18.5 Å². The van der Waals surface area contributed by atoms with E-state index in [4.69, 9.17) is 27.9 Å².